The van der Waals surface area contributed by atoms with E-state index in [1.54, 1.807) is 0 Å². The average Bonchev–Trinajstić information content (AvgIpc) is 2.99. The highest BCUT2D eigenvalue weighted by Crippen LogP contribution is 2.18. The zero-order chi connectivity index (χ0) is 15.4. The molecule has 1 heterocycles. The van der Waals surface area contributed by atoms with Crippen LogP contribution in [0.1, 0.15) is 11.1 Å². The number of aromatic nitrogens is 1. The molecule has 0 aliphatic rings. The summed E-state index contributed by atoms with van der Waals surface area (Å²) < 4.78 is 0. The summed E-state index contributed by atoms with van der Waals surface area (Å²) in [5, 5.41) is 2.04. The number of para-hydroxylation sites is 1. The van der Waals surface area contributed by atoms with Crippen LogP contribution in [0.3, 0.4) is 0 Å². The van der Waals surface area contributed by atoms with E-state index < -0.39 is 0 Å². The molecule has 1 N–H and O–H groups in total. The highest BCUT2D eigenvalue weighted by Gasteiger charge is 2.04. The number of nitrogens with zero attached hydrogens (tertiary/aromatic N) is 1. The first kappa shape index (κ1) is 17.6. The van der Waals surface area contributed by atoms with Crippen molar-refractivity contribution in [3.8, 4) is 0 Å². The quantitative estimate of drug-likeness (QED) is 0.656. The molecule has 4 heteroatoms. The van der Waals surface area contributed by atoms with Gasteiger partial charge in [-0.15, -0.1) is 12.4 Å². The molecule has 0 aliphatic carbocycles. The first-order valence-corrected chi connectivity index (χ1v) is 7.76. The minimum absolute atomic E-state index is 0. The molecule has 2 aromatic carbocycles. The smallest absolute Gasteiger partial charge is 0.0499 e. The van der Waals surface area contributed by atoms with Crippen LogP contribution >= 0.6 is 24.0 Å². The number of aromatic amines is 1. The molecule has 0 saturated carbocycles. The molecule has 2 nitrogen and oxygen atoms in total. The Morgan fingerprint density at radius 3 is 2.65 bits per heavy atom. The molecule has 0 amide bonds. The van der Waals surface area contributed by atoms with Gasteiger partial charge in [-0.1, -0.05) is 54.1 Å². The van der Waals surface area contributed by atoms with E-state index >= 15 is 0 Å². The van der Waals surface area contributed by atoms with Gasteiger partial charge < -0.3 is 4.98 Å². The summed E-state index contributed by atoms with van der Waals surface area (Å²) in [6, 6.07) is 16.4. The van der Waals surface area contributed by atoms with Crippen LogP contribution < -0.4 is 0 Å². The molecule has 0 aliphatic heterocycles. The Balaban J connectivity index is 0.00000192. The number of nitrogens with one attached hydrogen (secondary N) is 1. The number of benzene rings is 2. The second-order valence-electron chi connectivity index (χ2n) is 5.51. The van der Waals surface area contributed by atoms with E-state index in [-0.39, 0.29) is 12.4 Å². The number of hydrogen-bond donors (Lipinski definition) is 1. The van der Waals surface area contributed by atoms with E-state index in [4.69, 9.17) is 11.6 Å². The molecule has 3 aromatic rings. The molecule has 0 fully saturated rings. The van der Waals surface area contributed by atoms with Gasteiger partial charge in [0.1, 0.15) is 0 Å². The van der Waals surface area contributed by atoms with Crippen LogP contribution in [0.4, 0.5) is 0 Å². The van der Waals surface area contributed by atoms with Gasteiger partial charge in [-0.25, -0.2) is 0 Å². The van der Waals surface area contributed by atoms with Gasteiger partial charge in [0.15, 0.2) is 0 Å². The third kappa shape index (κ3) is 4.61. The molecule has 1 aromatic heterocycles. The van der Waals surface area contributed by atoms with E-state index in [1.807, 2.05) is 30.5 Å². The Labute approximate surface area is 148 Å². The molecule has 3 rings (SSSR count). The number of H-pyrrole nitrogens is 1. The third-order valence-electron chi connectivity index (χ3n) is 3.71. The largest absolute Gasteiger partial charge is 0.361 e. The molecule has 0 bridgehead atoms. The molecule has 0 saturated heterocycles. The van der Waals surface area contributed by atoms with E-state index in [0.29, 0.717) is 0 Å². The molecule has 0 radical (unpaired) electrons. The maximum absolute atomic E-state index is 5.89. The van der Waals surface area contributed by atoms with Crippen LogP contribution in [0.2, 0.25) is 5.02 Å². The van der Waals surface area contributed by atoms with Crippen molar-refractivity contribution >= 4 is 41.0 Å². The van der Waals surface area contributed by atoms with Crippen molar-refractivity contribution in [3.05, 3.63) is 77.0 Å². The molecule has 0 atom stereocenters. The Kier molecular flexibility index (Phi) is 6.28. The van der Waals surface area contributed by atoms with E-state index in [2.05, 4.69) is 53.3 Å². The van der Waals surface area contributed by atoms with Gasteiger partial charge in [0.25, 0.3) is 0 Å². The van der Waals surface area contributed by atoms with Crippen LogP contribution in [-0.2, 0) is 6.54 Å². The lowest BCUT2D eigenvalue weighted by Crippen LogP contribution is -2.17. The van der Waals surface area contributed by atoms with Gasteiger partial charge in [0.2, 0.25) is 0 Å². The third-order valence-corrected chi connectivity index (χ3v) is 3.96. The Morgan fingerprint density at radius 1 is 1.09 bits per heavy atom. The van der Waals surface area contributed by atoms with Crippen LogP contribution in [-0.4, -0.2) is 23.5 Å². The van der Waals surface area contributed by atoms with E-state index in [1.165, 1.54) is 22.0 Å². The maximum Gasteiger partial charge on any atom is 0.0499 e. The Bertz CT molecular complexity index is 775. The first-order valence-electron chi connectivity index (χ1n) is 7.38. The lowest BCUT2D eigenvalue weighted by molar-refractivity contribution is 0.365. The van der Waals surface area contributed by atoms with Gasteiger partial charge in [-0.3, -0.25) is 4.90 Å². The Morgan fingerprint density at radius 2 is 1.87 bits per heavy atom. The maximum atomic E-state index is 5.89. The van der Waals surface area contributed by atoms with E-state index in [9.17, 15) is 0 Å². The van der Waals surface area contributed by atoms with Crippen molar-refractivity contribution in [3.63, 3.8) is 0 Å². The lowest BCUT2D eigenvalue weighted by Gasteiger charge is -2.15. The summed E-state index contributed by atoms with van der Waals surface area (Å²) in [6.45, 7) is 1.82. The van der Waals surface area contributed by atoms with Gasteiger partial charge >= 0.3 is 0 Å². The monoisotopic (exact) mass is 346 g/mol. The second kappa shape index (κ2) is 8.21. The molecule has 120 valence electrons. The fraction of sp³-hybridized carbons (Fsp3) is 0.158. The SMILES string of the molecule is CN(C/C=C/c1ccc(Cl)cc1)Cc1cccc2cc[nH]c12.Cl. The minimum atomic E-state index is 0. The molecule has 0 spiro atoms. The summed E-state index contributed by atoms with van der Waals surface area (Å²) >= 11 is 5.89. The number of hydrogen-bond acceptors (Lipinski definition) is 1. The van der Waals surface area contributed by atoms with Crippen LogP contribution in [0.25, 0.3) is 17.0 Å². The zero-order valence-corrected chi connectivity index (χ0v) is 14.6. The lowest BCUT2D eigenvalue weighted by atomic mass is 10.1. The van der Waals surface area contributed by atoms with Gasteiger partial charge in [0, 0.05) is 29.8 Å². The zero-order valence-electron chi connectivity index (χ0n) is 13.0. The topological polar surface area (TPSA) is 19.0 Å². The van der Waals surface area contributed by atoms with E-state index in [0.717, 1.165) is 18.1 Å². The first-order chi connectivity index (χ1) is 10.7. The van der Waals surface area contributed by atoms with Crippen LogP contribution in [0.15, 0.2) is 60.8 Å². The average molecular weight is 347 g/mol. The predicted octanol–water partition coefficient (Wildman–Crippen LogP) is 5.39. The number of halogens is 2. The van der Waals surface area contributed by atoms with Crippen molar-refractivity contribution in [1.82, 2.24) is 9.88 Å². The van der Waals surface area contributed by atoms with Crippen molar-refractivity contribution in [2.45, 2.75) is 6.54 Å². The minimum Gasteiger partial charge on any atom is -0.361 e. The van der Waals surface area contributed by atoms with Crippen LogP contribution in [0, 0.1) is 0 Å². The fourth-order valence-corrected chi connectivity index (χ4v) is 2.71. The van der Waals surface area contributed by atoms with Gasteiger partial charge in [0.05, 0.1) is 0 Å². The molecule has 23 heavy (non-hydrogen) atoms. The van der Waals surface area contributed by atoms with Crippen molar-refractivity contribution in [2.24, 2.45) is 0 Å². The molecular weight excluding hydrogens is 327 g/mol. The standard InChI is InChI=1S/C19H19ClN2.ClH/c1-22(13-3-4-15-7-9-18(20)10-8-15)14-17-6-2-5-16-11-12-21-19(16)17;/h2-12,21H,13-14H2,1H3;1H/b4-3+;. The summed E-state index contributed by atoms with van der Waals surface area (Å²) in [5.41, 5.74) is 3.73. The number of rotatable bonds is 5. The highest BCUT2D eigenvalue weighted by atomic mass is 35.5. The number of fused-ring (bicyclic) bond motifs is 1. The van der Waals surface area contributed by atoms with Crippen molar-refractivity contribution in [2.75, 3.05) is 13.6 Å². The van der Waals surface area contributed by atoms with Crippen molar-refractivity contribution < 1.29 is 0 Å². The molecular formula is C19H20Cl2N2. The van der Waals surface area contributed by atoms with Crippen LogP contribution in [0.5, 0.6) is 0 Å². The normalized spacial score (nSPS) is 11.3. The van der Waals surface area contributed by atoms with Gasteiger partial charge in [-0.2, -0.15) is 0 Å². The second-order valence-corrected chi connectivity index (χ2v) is 5.95. The summed E-state index contributed by atoms with van der Waals surface area (Å²) in [6.07, 6.45) is 6.30. The van der Waals surface area contributed by atoms with Gasteiger partial charge in [-0.05, 0) is 41.8 Å². The fourth-order valence-electron chi connectivity index (χ4n) is 2.58. The summed E-state index contributed by atoms with van der Waals surface area (Å²) in [4.78, 5) is 5.62. The Hall–Kier alpha value is -1.74. The van der Waals surface area contributed by atoms with Crippen molar-refractivity contribution in [1.29, 1.82) is 0 Å². The molecule has 0 unspecified atom stereocenters. The summed E-state index contributed by atoms with van der Waals surface area (Å²) in [7, 11) is 2.13. The predicted molar refractivity (Wildman–Crippen MR) is 102 cm³/mol. The number of likely N-dealkylation sites (N-methyl/N-ethyl adjacent to an activating group) is 1. The summed E-state index contributed by atoms with van der Waals surface area (Å²) in [5.74, 6) is 0. The highest BCUT2D eigenvalue weighted by molar-refractivity contribution is 6.30.